The first-order chi connectivity index (χ1) is 8.63. The lowest BCUT2D eigenvalue weighted by Gasteiger charge is -2.04. The van der Waals surface area contributed by atoms with E-state index in [-0.39, 0.29) is 5.82 Å². The van der Waals surface area contributed by atoms with Gasteiger partial charge >= 0.3 is 5.97 Å². The van der Waals surface area contributed by atoms with Crippen LogP contribution < -0.4 is 0 Å². The minimum absolute atomic E-state index is 0.0698. The van der Waals surface area contributed by atoms with Gasteiger partial charge in [0.15, 0.2) is 0 Å². The lowest BCUT2D eigenvalue weighted by atomic mass is 10.2. The molecule has 2 aromatic heterocycles. The number of rotatable bonds is 3. The summed E-state index contributed by atoms with van der Waals surface area (Å²) in [5.41, 5.74) is 2.79. The first-order valence-electron chi connectivity index (χ1n) is 5.61. The van der Waals surface area contributed by atoms with E-state index in [1.54, 1.807) is 30.2 Å². The van der Waals surface area contributed by atoms with Crippen molar-refractivity contribution < 1.29 is 9.53 Å². The molecule has 0 saturated heterocycles. The highest BCUT2D eigenvalue weighted by molar-refractivity contribution is 5.85. The summed E-state index contributed by atoms with van der Waals surface area (Å²) >= 11 is 0. The van der Waals surface area contributed by atoms with Crippen molar-refractivity contribution in [3.63, 3.8) is 0 Å². The van der Waals surface area contributed by atoms with E-state index < -0.39 is 5.97 Å². The molecule has 0 radical (unpaired) electrons. The number of ether oxygens (including phenoxy) is 1. The van der Waals surface area contributed by atoms with E-state index in [9.17, 15) is 4.79 Å². The third kappa shape index (κ3) is 2.22. The van der Waals surface area contributed by atoms with Gasteiger partial charge in [0, 0.05) is 25.0 Å². The summed E-state index contributed by atoms with van der Waals surface area (Å²) in [4.78, 5) is 19.4. The van der Waals surface area contributed by atoms with Crippen LogP contribution in [0.1, 0.15) is 23.1 Å². The number of nitrogens with zero attached hydrogens (tertiary/aromatic N) is 4. The molecule has 94 valence electrons. The average molecular weight is 246 g/mol. The van der Waals surface area contributed by atoms with Crippen LogP contribution in [0.15, 0.2) is 18.6 Å². The van der Waals surface area contributed by atoms with Gasteiger partial charge in [-0.1, -0.05) is 0 Å². The monoisotopic (exact) mass is 246 g/mol. The highest BCUT2D eigenvalue weighted by Gasteiger charge is 2.12. The zero-order valence-corrected chi connectivity index (χ0v) is 10.5. The predicted octanol–water partition coefficient (Wildman–Crippen LogP) is 1.36. The maximum Gasteiger partial charge on any atom is 0.376 e. The Morgan fingerprint density at radius 1 is 1.33 bits per heavy atom. The molecule has 0 spiro atoms. The van der Waals surface area contributed by atoms with Gasteiger partial charge in [0.1, 0.15) is 0 Å². The van der Waals surface area contributed by atoms with Crippen LogP contribution in [0.3, 0.4) is 0 Å². The number of hydrogen-bond acceptors (Lipinski definition) is 5. The second kappa shape index (κ2) is 4.95. The summed E-state index contributed by atoms with van der Waals surface area (Å²) in [6.07, 6.45) is 4.97. The Kier molecular flexibility index (Phi) is 3.36. The van der Waals surface area contributed by atoms with E-state index in [1.807, 2.05) is 14.0 Å². The van der Waals surface area contributed by atoms with Crippen LogP contribution in [0.4, 0.5) is 0 Å². The quantitative estimate of drug-likeness (QED) is 0.765. The summed E-state index contributed by atoms with van der Waals surface area (Å²) in [6.45, 7) is 4.01. The van der Waals surface area contributed by atoms with Gasteiger partial charge in [0.05, 0.1) is 18.5 Å². The van der Waals surface area contributed by atoms with Crippen molar-refractivity contribution in [1.82, 2.24) is 19.7 Å². The third-order valence-electron chi connectivity index (χ3n) is 2.51. The van der Waals surface area contributed by atoms with Crippen LogP contribution in [0.5, 0.6) is 0 Å². The summed E-state index contributed by atoms with van der Waals surface area (Å²) in [7, 11) is 1.85. The Hall–Kier alpha value is -2.24. The van der Waals surface area contributed by atoms with Crippen molar-refractivity contribution in [2.75, 3.05) is 6.61 Å². The Morgan fingerprint density at radius 3 is 2.50 bits per heavy atom. The van der Waals surface area contributed by atoms with Crippen molar-refractivity contribution >= 4 is 5.97 Å². The van der Waals surface area contributed by atoms with Crippen molar-refractivity contribution in [3.8, 4) is 11.3 Å². The lowest BCUT2D eigenvalue weighted by Crippen LogP contribution is -2.09. The second-order valence-corrected chi connectivity index (χ2v) is 3.82. The van der Waals surface area contributed by atoms with Gasteiger partial charge in [-0.15, -0.1) is 0 Å². The number of hydrogen-bond donors (Lipinski definition) is 0. The molecule has 0 aliphatic carbocycles. The molecular weight excluding hydrogens is 232 g/mol. The molecule has 2 rings (SSSR count). The lowest BCUT2D eigenvalue weighted by molar-refractivity contribution is 0.0512. The van der Waals surface area contributed by atoms with Gasteiger partial charge in [-0.05, 0) is 19.4 Å². The number of esters is 1. The molecule has 18 heavy (non-hydrogen) atoms. The molecule has 0 unspecified atom stereocenters. The van der Waals surface area contributed by atoms with E-state index in [0.717, 1.165) is 16.8 Å². The van der Waals surface area contributed by atoms with Gasteiger partial charge < -0.3 is 4.74 Å². The van der Waals surface area contributed by atoms with Gasteiger partial charge in [0.25, 0.3) is 0 Å². The Morgan fingerprint density at radius 2 is 2.00 bits per heavy atom. The van der Waals surface area contributed by atoms with Crippen LogP contribution in [-0.4, -0.2) is 32.3 Å². The molecule has 0 aromatic carbocycles. The molecule has 6 nitrogen and oxygen atoms in total. The molecule has 0 amide bonds. The largest absolute Gasteiger partial charge is 0.460 e. The third-order valence-corrected chi connectivity index (χ3v) is 2.51. The SMILES string of the molecule is CCOC(=O)c1ncc(-c2c(C)cnn2C)cn1. The van der Waals surface area contributed by atoms with Crippen molar-refractivity contribution in [3.05, 3.63) is 30.0 Å². The standard InChI is InChI=1S/C12H14N4O2/c1-4-18-12(17)11-13-6-9(7-14-11)10-8(2)5-15-16(10)3/h5-7H,4H2,1-3H3. The van der Waals surface area contributed by atoms with Crippen molar-refractivity contribution in [1.29, 1.82) is 0 Å². The molecule has 0 bridgehead atoms. The van der Waals surface area contributed by atoms with Crippen LogP contribution in [0, 0.1) is 6.92 Å². The van der Waals surface area contributed by atoms with Crippen LogP contribution >= 0.6 is 0 Å². The van der Waals surface area contributed by atoms with Gasteiger partial charge in [-0.3, -0.25) is 4.68 Å². The Balaban J connectivity index is 2.31. The van der Waals surface area contributed by atoms with E-state index >= 15 is 0 Å². The second-order valence-electron chi connectivity index (χ2n) is 3.82. The van der Waals surface area contributed by atoms with Crippen LogP contribution in [-0.2, 0) is 11.8 Å². The van der Waals surface area contributed by atoms with Gasteiger partial charge in [0.2, 0.25) is 5.82 Å². The fourth-order valence-corrected chi connectivity index (χ4v) is 1.71. The minimum Gasteiger partial charge on any atom is -0.460 e. The van der Waals surface area contributed by atoms with Gasteiger partial charge in [-0.2, -0.15) is 5.10 Å². The number of aryl methyl sites for hydroxylation is 2. The summed E-state index contributed by atoms with van der Waals surface area (Å²) < 4.78 is 6.57. The predicted molar refractivity (Wildman–Crippen MR) is 64.9 cm³/mol. The number of carbonyl (C=O) groups is 1. The molecule has 0 atom stereocenters. The van der Waals surface area contributed by atoms with E-state index in [0.29, 0.717) is 6.61 Å². The summed E-state index contributed by atoms with van der Waals surface area (Å²) in [6, 6.07) is 0. The smallest absolute Gasteiger partial charge is 0.376 e. The Labute approximate surface area is 105 Å². The Bertz CT molecular complexity index is 540. The zero-order chi connectivity index (χ0) is 13.1. The molecule has 0 N–H and O–H groups in total. The molecule has 6 heteroatoms. The average Bonchev–Trinajstić information content (AvgIpc) is 2.70. The maximum atomic E-state index is 11.4. The van der Waals surface area contributed by atoms with E-state index in [1.165, 1.54) is 0 Å². The zero-order valence-electron chi connectivity index (χ0n) is 10.5. The maximum absolute atomic E-state index is 11.4. The number of carbonyl (C=O) groups excluding carboxylic acids is 1. The van der Waals surface area contributed by atoms with Crippen molar-refractivity contribution in [2.45, 2.75) is 13.8 Å². The van der Waals surface area contributed by atoms with E-state index in [2.05, 4.69) is 15.1 Å². The molecule has 0 aliphatic heterocycles. The topological polar surface area (TPSA) is 69.9 Å². The summed E-state index contributed by atoms with van der Waals surface area (Å²) in [5, 5.41) is 4.15. The molecule has 0 fully saturated rings. The fraction of sp³-hybridized carbons (Fsp3) is 0.333. The number of aromatic nitrogens is 4. The molecule has 2 aromatic rings. The van der Waals surface area contributed by atoms with Crippen LogP contribution in [0.25, 0.3) is 11.3 Å². The molecule has 0 saturated carbocycles. The first-order valence-corrected chi connectivity index (χ1v) is 5.61. The van der Waals surface area contributed by atoms with Crippen molar-refractivity contribution in [2.24, 2.45) is 7.05 Å². The summed E-state index contributed by atoms with van der Waals surface area (Å²) in [5.74, 6) is -0.439. The van der Waals surface area contributed by atoms with Gasteiger partial charge in [-0.25, -0.2) is 14.8 Å². The van der Waals surface area contributed by atoms with E-state index in [4.69, 9.17) is 4.74 Å². The van der Waals surface area contributed by atoms with Crippen LogP contribution in [0.2, 0.25) is 0 Å². The fourth-order valence-electron chi connectivity index (χ4n) is 1.71. The molecule has 2 heterocycles. The normalized spacial score (nSPS) is 10.4. The highest BCUT2D eigenvalue weighted by atomic mass is 16.5. The minimum atomic E-state index is -0.509. The highest BCUT2D eigenvalue weighted by Crippen LogP contribution is 2.20. The first kappa shape index (κ1) is 12.2. The molecule has 0 aliphatic rings. The molecular formula is C12H14N4O2.